The van der Waals surface area contributed by atoms with Crippen LogP contribution in [0.1, 0.15) is 28.7 Å². The Morgan fingerprint density at radius 1 is 1.16 bits per heavy atom. The number of likely N-dealkylation sites (N-methyl/N-ethyl adjacent to an activating group) is 1. The fourth-order valence-corrected chi connectivity index (χ4v) is 4.22. The summed E-state index contributed by atoms with van der Waals surface area (Å²) in [7, 11) is 2.07. The maximum atomic E-state index is 3.52. The van der Waals surface area contributed by atoms with E-state index in [0.29, 0.717) is 12.0 Å². The van der Waals surface area contributed by atoms with Crippen molar-refractivity contribution in [3.8, 4) is 0 Å². The number of hydrogen-bond donors (Lipinski definition) is 1. The van der Waals surface area contributed by atoms with Crippen molar-refractivity contribution in [2.75, 3.05) is 12.8 Å². The van der Waals surface area contributed by atoms with Crippen LogP contribution in [0.25, 0.3) is 0 Å². The molecular weight excluding hydrogens is 250 g/mol. The van der Waals surface area contributed by atoms with E-state index in [1.54, 1.807) is 0 Å². The molecule has 2 heteroatoms. The largest absolute Gasteiger partial charge is 0.312 e. The fraction of sp³-hybridized carbons (Fsp3) is 0.294. The molecule has 98 valence electrons. The van der Waals surface area contributed by atoms with Crippen molar-refractivity contribution in [3.63, 3.8) is 0 Å². The molecule has 3 rings (SSSR count). The van der Waals surface area contributed by atoms with Gasteiger partial charge in [-0.25, -0.2) is 0 Å². The highest BCUT2D eigenvalue weighted by Crippen LogP contribution is 2.45. The van der Waals surface area contributed by atoms with Gasteiger partial charge in [-0.2, -0.15) is 0 Å². The van der Waals surface area contributed by atoms with Crippen LogP contribution in [-0.4, -0.2) is 12.8 Å². The molecule has 19 heavy (non-hydrogen) atoms. The topological polar surface area (TPSA) is 12.0 Å². The molecule has 0 saturated carbocycles. The van der Waals surface area contributed by atoms with Crippen LogP contribution >= 0.6 is 11.8 Å². The summed E-state index contributed by atoms with van der Waals surface area (Å²) in [5, 5.41) is 3.52. The van der Waals surface area contributed by atoms with Gasteiger partial charge in [0.15, 0.2) is 0 Å². The Morgan fingerprint density at radius 2 is 2.00 bits per heavy atom. The molecule has 0 aromatic heterocycles. The predicted octanol–water partition coefficient (Wildman–Crippen LogP) is 4.15. The minimum Gasteiger partial charge on any atom is -0.312 e. The lowest BCUT2D eigenvalue weighted by atomic mass is 9.88. The molecule has 0 saturated heterocycles. The highest BCUT2D eigenvalue weighted by molar-refractivity contribution is 7.99. The Hall–Kier alpha value is -1.25. The van der Waals surface area contributed by atoms with Crippen molar-refractivity contribution in [1.82, 2.24) is 5.32 Å². The van der Waals surface area contributed by atoms with Crippen molar-refractivity contribution in [1.29, 1.82) is 0 Å². The third kappa shape index (κ3) is 2.43. The monoisotopic (exact) mass is 269 g/mol. The molecule has 1 aliphatic rings. The lowest BCUT2D eigenvalue weighted by molar-refractivity contribution is 0.514. The molecule has 0 aliphatic carbocycles. The zero-order valence-corrected chi connectivity index (χ0v) is 12.2. The average molecular weight is 269 g/mol. The van der Waals surface area contributed by atoms with E-state index < -0.39 is 0 Å². The van der Waals surface area contributed by atoms with E-state index in [1.807, 2.05) is 11.8 Å². The summed E-state index contributed by atoms with van der Waals surface area (Å²) in [6, 6.07) is 18.1. The van der Waals surface area contributed by atoms with Crippen LogP contribution in [0.4, 0.5) is 0 Å². The molecule has 1 aliphatic heterocycles. The van der Waals surface area contributed by atoms with Crippen LogP contribution in [0, 0.1) is 6.92 Å². The number of aryl methyl sites for hydroxylation is 1. The van der Waals surface area contributed by atoms with Gasteiger partial charge in [0.25, 0.3) is 0 Å². The molecule has 2 atom stereocenters. The van der Waals surface area contributed by atoms with Crippen molar-refractivity contribution >= 4 is 11.8 Å². The highest BCUT2D eigenvalue weighted by Gasteiger charge is 2.30. The Balaban J connectivity index is 1.96. The van der Waals surface area contributed by atoms with E-state index in [4.69, 9.17) is 0 Å². The van der Waals surface area contributed by atoms with Crippen molar-refractivity contribution in [2.24, 2.45) is 0 Å². The summed E-state index contributed by atoms with van der Waals surface area (Å²) in [5.74, 6) is 1.73. The zero-order chi connectivity index (χ0) is 13.2. The molecule has 0 amide bonds. The van der Waals surface area contributed by atoms with Gasteiger partial charge >= 0.3 is 0 Å². The fourth-order valence-electron chi connectivity index (χ4n) is 2.93. The van der Waals surface area contributed by atoms with Crippen LogP contribution in [0.15, 0.2) is 53.4 Å². The standard InChI is InChI=1S/C17H19NS/c1-12-6-5-7-13(10-12)17(18-2)15-11-19-16-9-4-3-8-14(15)16/h3-10,15,17-18H,11H2,1-2H3. The SMILES string of the molecule is CNC(c1cccc(C)c1)C1CSc2ccccc21. The quantitative estimate of drug-likeness (QED) is 0.898. The first-order chi connectivity index (χ1) is 9.29. The van der Waals surface area contributed by atoms with E-state index in [-0.39, 0.29) is 0 Å². The van der Waals surface area contributed by atoms with Gasteiger partial charge in [0.1, 0.15) is 0 Å². The van der Waals surface area contributed by atoms with Gasteiger partial charge in [-0.05, 0) is 31.2 Å². The highest BCUT2D eigenvalue weighted by atomic mass is 32.2. The van der Waals surface area contributed by atoms with E-state index in [0.717, 1.165) is 0 Å². The second-order valence-corrected chi connectivity index (χ2v) is 6.20. The Kier molecular flexibility index (Phi) is 3.63. The molecule has 1 N–H and O–H groups in total. The summed E-state index contributed by atoms with van der Waals surface area (Å²) >= 11 is 1.98. The first-order valence-electron chi connectivity index (χ1n) is 6.75. The molecule has 0 spiro atoms. The number of thioether (sulfide) groups is 1. The second-order valence-electron chi connectivity index (χ2n) is 5.14. The molecule has 1 nitrogen and oxygen atoms in total. The van der Waals surface area contributed by atoms with Crippen LogP contribution in [-0.2, 0) is 0 Å². The van der Waals surface area contributed by atoms with Crippen molar-refractivity contribution < 1.29 is 0 Å². The van der Waals surface area contributed by atoms with E-state index in [2.05, 4.69) is 67.8 Å². The van der Waals surface area contributed by atoms with E-state index in [9.17, 15) is 0 Å². The van der Waals surface area contributed by atoms with Crippen LogP contribution in [0.3, 0.4) is 0 Å². The van der Waals surface area contributed by atoms with Gasteiger partial charge in [-0.15, -0.1) is 11.8 Å². The number of nitrogens with one attached hydrogen (secondary N) is 1. The van der Waals surface area contributed by atoms with E-state index in [1.165, 1.54) is 27.3 Å². The van der Waals surface area contributed by atoms with Crippen molar-refractivity contribution in [3.05, 3.63) is 65.2 Å². The average Bonchev–Trinajstić information content (AvgIpc) is 2.84. The van der Waals surface area contributed by atoms with Gasteiger partial charge in [-0.3, -0.25) is 0 Å². The Bertz CT molecular complexity index is 579. The summed E-state index contributed by atoms with van der Waals surface area (Å²) in [6.07, 6.45) is 0. The second kappa shape index (κ2) is 5.40. The number of hydrogen-bond acceptors (Lipinski definition) is 2. The number of benzene rings is 2. The summed E-state index contributed by atoms with van der Waals surface area (Å²) in [5.41, 5.74) is 4.22. The van der Waals surface area contributed by atoms with Gasteiger partial charge in [-0.1, -0.05) is 48.0 Å². The minimum atomic E-state index is 0.399. The first-order valence-corrected chi connectivity index (χ1v) is 7.73. The predicted molar refractivity (Wildman–Crippen MR) is 82.9 cm³/mol. The minimum absolute atomic E-state index is 0.399. The number of fused-ring (bicyclic) bond motifs is 1. The smallest absolute Gasteiger partial charge is 0.0395 e. The molecule has 2 unspecified atom stereocenters. The third-order valence-corrected chi connectivity index (χ3v) is 5.06. The molecule has 0 fully saturated rings. The number of rotatable bonds is 3. The normalized spacial score (nSPS) is 19.2. The van der Waals surface area contributed by atoms with Gasteiger partial charge in [0, 0.05) is 22.6 Å². The third-order valence-electron chi connectivity index (χ3n) is 3.85. The van der Waals surface area contributed by atoms with Crippen LogP contribution < -0.4 is 5.32 Å². The zero-order valence-electron chi connectivity index (χ0n) is 11.4. The maximum Gasteiger partial charge on any atom is 0.0395 e. The molecule has 0 bridgehead atoms. The molecule has 2 aromatic carbocycles. The van der Waals surface area contributed by atoms with Crippen LogP contribution in [0.5, 0.6) is 0 Å². The Labute approximate surface area is 119 Å². The van der Waals surface area contributed by atoms with Gasteiger partial charge < -0.3 is 5.32 Å². The van der Waals surface area contributed by atoms with Crippen molar-refractivity contribution in [2.45, 2.75) is 23.8 Å². The lowest BCUT2D eigenvalue weighted by Gasteiger charge is -2.24. The van der Waals surface area contributed by atoms with Crippen LogP contribution in [0.2, 0.25) is 0 Å². The molecular formula is C17H19NS. The molecule has 1 heterocycles. The summed E-state index contributed by atoms with van der Waals surface area (Å²) < 4.78 is 0. The lowest BCUT2D eigenvalue weighted by Crippen LogP contribution is -2.24. The summed E-state index contributed by atoms with van der Waals surface area (Å²) in [4.78, 5) is 1.44. The van der Waals surface area contributed by atoms with Gasteiger partial charge in [0.05, 0.1) is 0 Å². The first kappa shape index (κ1) is 12.8. The Morgan fingerprint density at radius 3 is 2.79 bits per heavy atom. The van der Waals surface area contributed by atoms with Gasteiger partial charge in [0.2, 0.25) is 0 Å². The molecule has 2 aromatic rings. The summed E-state index contributed by atoms with van der Waals surface area (Å²) in [6.45, 7) is 2.16. The maximum absolute atomic E-state index is 3.52. The van der Waals surface area contributed by atoms with E-state index >= 15 is 0 Å². The molecule has 0 radical (unpaired) electrons.